The summed E-state index contributed by atoms with van der Waals surface area (Å²) in [5, 5.41) is 8.77. The van der Waals surface area contributed by atoms with Gasteiger partial charge in [0.1, 0.15) is 17.9 Å². The van der Waals surface area contributed by atoms with Crippen molar-refractivity contribution in [2.75, 3.05) is 0 Å². The summed E-state index contributed by atoms with van der Waals surface area (Å²) in [6.45, 7) is 2.23. The van der Waals surface area contributed by atoms with Gasteiger partial charge in [-0.05, 0) is 25.2 Å². The molecule has 3 heteroatoms. The van der Waals surface area contributed by atoms with Crippen LogP contribution >= 0.6 is 0 Å². The molecule has 0 aliphatic heterocycles. The number of nitriles is 1. The number of pyridine rings is 1. The molecule has 1 saturated carbocycles. The van der Waals surface area contributed by atoms with Crippen LogP contribution < -0.4 is 4.74 Å². The third-order valence-electron chi connectivity index (χ3n) is 3.16. The van der Waals surface area contributed by atoms with Gasteiger partial charge >= 0.3 is 0 Å². The normalized spacial score (nSPS) is 24.8. The first-order valence-electron chi connectivity index (χ1n) is 5.81. The van der Waals surface area contributed by atoms with Gasteiger partial charge in [-0.1, -0.05) is 13.3 Å². The minimum absolute atomic E-state index is 0.282. The van der Waals surface area contributed by atoms with Crippen LogP contribution in [0.15, 0.2) is 18.5 Å². The number of aromatic nitrogens is 1. The maximum absolute atomic E-state index is 8.77. The first-order valence-corrected chi connectivity index (χ1v) is 5.81. The number of nitrogens with zero attached hydrogens (tertiary/aromatic N) is 2. The molecule has 0 spiro atoms. The van der Waals surface area contributed by atoms with E-state index in [2.05, 4.69) is 18.0 Å². The lowest BCUT2D eigenvalue weighted by molar-refractivity contribution is 0.102. The standard InChI is InChI=1S/C13H16N2O/c1-10-4-2-3-5-13(10)16-12-6-11(7-14)8-15-9-12/h6,8-10,13H,2-5H2,1H3/t10-,13-/m1/s1. The Morgan fingerprint density at radius 2 is 2.19 bits per heavy atom. The second kappa shape index (κ2) is 4.98. The van der Waals surface area contributed by atoms with Crippen LogP contribution in [-0.4, -0.2) is 11.1 Å². The van der Waals surface area contributed by atoms with E-state index in [1.54, 1.807) is 18.5 Å². The fraction of sp³-hybridized carbons (Fsp3) is 0.538. The van der Waals surface area contributed by atoms with E-state index in [0.717, 1.165) is 12.2 Å². The van der Waals surface area contributed by atoms with Crippen LogP contribution in [0.1, 0.15) is 38.2 Å². The second-order valence-electron chi connectivity index (χ2n) is 4.44. The molecule has 0 radical (unpaired) electrons. The van der Waals surface area contributed by atoms with E-state index in [1.165, 1.54) is 19.3 Å². The van der Waals surface area contributed by atoms with Gasteiger partial charge in [-0.3, -0.25) is 4.98 Å². The number of hydrogen-bond acceptors (Lipinski definition) is 3. The van der Waals surface area contributed by atoms with Gasteiger partial charge < -0.3 is 4.74 Å². The van der Waals surface area contributed by atoms with Crippen LogP contribution in [0.5, 0.6) is 5.75 Å². The predicted octanol–water partition coefficient (Wildman–Crippen LogP) is 2.91. The van der Waals surface area contributed by atoms with Crippen LogP contribution in [-0.2, 0) is 0 Å². The molecule has 16 heavy (non-hydrogen) atoms. The third-order valence-corrected chi connectivity index (χ3v) is 3.16. The Labute approximate surface area is 96.1 Å². The Morgan fingerprint density at radius 1 is 1.38 bits per heavy atom. The Morgan fingerprint density at radius 3 is 2.94 bits per heavy atom. The highest BCUT2D eigenvalue weighted by Crippen LogP contribution is 2.27. The van der Waals surface area contributed by atoms with Gasteiger partial charge in [-0.2, -0.15) is 5.26 Å². The summed E-state index contributed by atoms with van der Waals surface area (Å²) >= 11 is 0. The van der Waals surface area contributed by atoms with Crippen molar-refractivity contribution in [2.45, 2.75) is 38.7 Å². The molecular weight excluding hydrogens is 200 g/mol. The van der Waals surface area contributed by atoms with Crippen LogP contribution in [0.2, 0.25) is 0 Å². The summed E-state index contributed by atoms with van der Waals surface area (Å²) < 4.78 is 5.90. The summed E-state index contributed by atoms with van der Waals surface area (Å²) in [5.41, 5.74) is 0.556. The largest absolute Gasteiger partial charge is 0.488 e. The van der Waals surface area contributed by atoms with Crippen LogP contribution in [0.3, 0.4) is 0 Å². The molecule has 0 aromatic carbocycles. The average Bonchev–Trinajstić information content (AvgIpc) is 2.32. The van der Waals surface area contributed by atoms with E-state index < -0.39 is 0 Å². The zero-order valence-corrected chi connectivity index (χ0v) is 9.52. The van der Waals surface area contributed by atoms with E-state index in [4.69, 9.17) is 10.00 Å². The summed E-state index contributed by atoms with van der Waals surface area (Å²) in [4.78, 5) is 4.00. The molecule has 0 saturated heterocycles. The number of ether oxygens (including phenoxy) is 1. The maximum atomic E-state index is 8.77. The fourth-order valence-electron chi connectivity index (χ4n) is 2.18. The molecule has 2 rings (SSSR count). The molecular formula is C13H16N2O. The minimum atomic E-state index is 0.282. The Balaban J connectivity index is 2.05. The molecule has 0 amide bonds. The lowest BCUT2D eigenvalue weighted by Gasteiger charge is -2.29. The molecule has 1 fully saturated rings. The van der Waals surface area contributed by atoms with Gasteiger partial charge in [0.25, 0.3) is 0 Å². The zero-order valence-electron chi connectivity index (χ0n) is 9.52. The smallest absolute Gasteiger partial charge is 0.139 e. The highest BCUT2D eigenvalue weighted by Gasteiger charge is 2.22. The van der Waals surface area contributed by atoms with Crippen molar-refractivity contribution in [3.05, 3.63) is 24.0 Å². The van der Waals surface area contributed by atoms with Gasteiger partial charge in [0.05, 0.1) is 11.8 Å². The number of rotatable bonds is 2. The first kappa shape index (κ1) is 10.9. The highest BCUT2D eigenvalue weighted by atomic mass is 16.5. The van der Waals surface area contributed by atoms with Gasteiger partial charge in [0.2, 0.25) is 0 Å². The number of hydrogen-bond donors (Lipinski definition) is 0. The molecule has 1 aromatic heterocycles. The lowest BCUT2D eigenvalue weighted by Crippen LogP contribution is -2.28. The molecule has 84 valence electrons. The maximum Gasteiger partial charge on any atom is 0.139 e. The molecule has 0 unspecified atom stereocenters. The molecule has 0 N–H and O–H groups in total. The van der Waals surface area contributed by atoms with Crippen LogP contribution in [0.4, 0.5) is 0 Å². The first-order chi connectivity index (χ1) is 7.79. The fourth-order valence-corrected chi connectivity index (χ4v) is 2.18. The third kappa shape index (κ3) is 2.52. The Kier molecular flexibility index (Phi) is 3.40. The van der Waals surface area contributed by atoms with E-state index in [9.17, 15) is 0 Å². The minimum Gasteiger partial charge on any atom is -0.488 e. The Bertz CT molecular complexity index is 397. The van der Waals surface area contributed by atoms with Gasteiger partial charge in [-0.15, -0.1) is 0 Å². The summed E-state index contributed by atoms with van der Waals surface area (Å²) in [6, 6.07) is 3.83. The van der Waals surface area contributed by atoms with Gasteiger partial charge in [0.15, 0.2) is 0 Å². The van der Waals surface area contributed by atoms with Crippen molar-refractivity contribution in [2.24, 2.45) is 5.92 Å². The van der Waals surface area contributed by atoms with Crippen molar-refractivity contribution in [1.29, 1.82) is 5.26 Å². The summed E-state index contributed by atoms with van der Waals surface area (Å²) in [7, 11) is 0. The average molecular weight is 216 g/mol. The topological polar surface area (TPSA) is 45.9 Å². The van der Waals surface area contributed by atoms with Crippen LogP contribution in [0.25, 0.3) is 0 Å². The second-order valence-corrected chi connectivity index (χ2v) is 4.44. The van der Waals surface area contributed by atoms with Crippen molar-refractivity contribution >= 4 is 0 Å². The monoisotopic (exact) mass is 216 g/mol. The van der Waals surface area contributed by atoms with E-state index in [-0.39, 0.29) is 6.10 Å². The zero-order chi connectivity index (χ0) is 11.4. The van der Waals surface area contributed by atoms with E-state index in [1.807, 2.05) is 0 Å². The quantitative estimate of drug-likeness (QED) is 0.763. The van der Waals surface area contributed by atoms with E-state index >= 15 is 0 Å². The summed E-state index contributed by atoms with van der Waals surface area (Å²) in [6.07, 6.45) is 8.40. The highest BCUT2D eigenvalue weighted by molar-refractivity contribution is 5.32. The molecule has 1 aliphatic rings. The lowest BCUT2D eigenvalue weighted by atomic mass is 9.88. The van der Waals surface area contributed by atoms with Crippen molar-refractivity contribution in [3.8, 4) is 11.8 Å². The molecule has 1 aromatic rings. The molecule has 1 heterocycles. The van der Waals surface area contributed by atoms with Crippen molar-refractivity contribution in [3.63, 3.8) is 0 Å². The molecule has 0 bridgehead atoms. The van der Waals surface area contributed by atoms with Gasteiger partial charge in [-0.25, -0.2) is 0 Å². The van der Waals surface area contributed by atoms with E-state index in [0.29, 0.717) is 11.5 Å². The predicted molar refractivity (Wildman–Crippen MR) is 61.0 cm³/mol. The van der Waals surface area contributed by atoms with Crippen LogP contribution in [0, 0.1) is 17.2 Å². The van der Waals surface area contributed by atoms with Gasteiger partial charge in [0, 0.05) is 12.3 Å². The SMILES string of the molecule is C[C@@H]1CCCC[C@H]1Oc1cncc(C#N)c1. The van der Waals surface area contributed by atoms with Crippen molar-refractivity contribution in [1.82, 2.24) is 4.98 Å². The summed E-state index contributed by atoms with van der Waals surface area (Å²) in [5.74, 6) is 1.32. The van der Waals surface area contributed by atoms with Crippen molar-refractivity contribution < 1.29 is 4.74 Å². The Hall–Kier alpha value is -1.56. The molecule has 2 atom stereocenters. The molecule has 3 nitrogen and oxygen atoms in total. The molecule has 1 aliphatic carbocycles.